The fraction of sp³-hybridized carbons (Fsp3) is 0.588. The Morgan fingerprint density at radius 2 is 1.88 bits per heavy atom. The number of carbonyl (C=O) groups excluding carboxylic acids is 3. The molecule has 0 aliphatic carbocycles. The summed E-state index contributed by atoms with van der Waals surface area (Å²) in [6, 6.07) is 3.32. The Labute approximate surface area is 161 Å². The highest BCUT2D eigenvalue weighted by atomic mass is 79.9. The highest BCUT2D eigenvalue weighted by molar-refractivity contribution is 9.10. The first-order chi connectivity index (χ1) is 12.3. The Kier molecular flexibility index (Phi) is 7.22. The quantitative estimate of drug-likeness (QED) is 0.723. The molecule has 0 unspecified atom stereocenters. The van der Waals surface area contributed by atoms with Gasteiger partial charge < -0.3 is 19.5 Å². The van der Waals surface area contributed by atoms with Crippen LogP contribution in [0, 0.1) is 0 Å². The maximum absolute atomic E-state index is 12.4. The number of nitrogens with one attached hydrogen (secondary N) is 1. The number of halogens is 1. The van der Waals surface area contributed by atoms with E-state index in [0.29, 0.717) is 37.4 Å². The predicted molar refractivity (Wildman–Crippen MR) is 99.7 cm³/mol. The number of rotatable bonds is 6. The zero-order valence-electron chi connectivity index (χ0n) is 15.3. The molecule has 1 aliphatic heterocycles. The van der Waals surface area contributed by atoms with Gasteiger partial charge in [0.15, 0.2) is 10.4 Å². The summed E-state index contributed by atoms with van der Waals surface area (Å²) in [7, 11) is 1.57. The molecule has 1 saturated heterocycles. The topological polar surface area (TPSA) is 86.1 Å². The van der Waals surface area contributed by atoms with E-state index in [1.54, 1.807) is 24.1 Å². The summed E-state index contributed by atoms with van der Waals surface area (Å²) in [6.07, 6.45) is 0. The molecule has 1 fully saturated rings. The number of furan rings is 1. The fourth-order valence-corrected chi connectivity index (χ4v) is 3.02. The Hall–Kier alpha value is -1.87. The molecular formula is C17H25BrN4O4. The predicted octanol–water partition coefficient (Wildman–Crippen LogP) is 0.783. The summed E-state index contributed by atoms with van der Waals surface area (Å²) in [6.45, 7) is 6.54. The van der Waals surface area contributed by atoms with Crippen molar-refractivity contribution >= 4 is 33.7 Å². The van der Waals surface area contributed by atoms with Crippen LogP contribution in [0.15, 0.2) is 21.2 Å². The van der Waals surface area contributed by atoms with Gasteiger partial charge in [0.05, 0.1) is 13.1 Å². The zero-order valence-corrected chi connectivity index (χ0v) is 16.9. The van der Waals surface area contributed by atoms with Gasteiger partial charge in [0, 0.05) is 39.3 Å². The van der Waals surface area contributed by atoms with Crippen LogP contribution in [-0.2, 0) is 9.59 Å². The molecule has 8 nitrogen and oxygen atoms in total. The highest BCUT2D eigenvalue weighted by Crippen LogP contribution is 2.15. The van der Waals surface area contributed by atoms with Gasteiger partial charge in [0.25, 0.3) is 5.91 Å². The summed E-state index contributed by atoms with van der Waals surface area (Å²) in [5.74, 6) is -0.270. The molecule has 1 aliphatic rings. The summed E-state index contributed by atoms with van der Waals surface area (Å²) in [5, 5.41) is 2.86. The van der Waals surface area contributed by atoms with Crippen molar-refractivity contribution in [2.75, 3.05) is 46.3 Å². The minimum absolute atomic E-state index is 0.00489. The number of likely N-dealkylation sites (N-methyl/N-ethyl adjacent to an activating group) is 1. The molecule has 0 bridgehead atoms. The summed E-state index contributed by atoms with van der Waals surface area (Å²) in [5.41, 5.74) is 0. The maximum Gasteiger partial charge on any atom is 0.289 e. The largest absolute Gasteiger partial charge is 0.444 e. The second kappa shape index (κ2) is 9.18. The number of carbonyl (C=O) groups is 3. The average Bonchev–Trinajstić information content (AvgIpc) is 3.00. The van der Waals surface area contributed by atoms with Crippen LogP contribution in [0.4, 0.5) is 0 Å². The van der Waals surface area contributed by atoms with Gasteiger partial charge in [-0.25, -0.2) is 0 Å². The lowest BCUT2D eigenvalue weighted by Crippen LogP contribution is -2.53. The third kappa shape index (κ3) is 5.84. The summed E-state index contributed by atoms with van der Waals surface area (Å²) in [4.78, 5) is 41.5. The van der Waals surface area contributed by atoms with Crippen molar-refractivity contribution in [2.24, 2.45) is 0 Å². The smallest absolute Gasteiger partial charge is 0.289 e. The number of hydrogen-bond donors (Lipinski definition) is 1. The molecule has 26 heavy (non-hydrogen) atoms. The number of piperazine rings is 1. The normalized spacial score (nSPS) is 15.2. The molecule has 0 radical (unpaired) electrons. The third-order valence-corrected chi connectivity index (χ3v) is 4.47. The number of hydrogen-bond acceptors (Lipinski definition) is 5. The maximum atomic E-state index is 12.4. The third-order valence-electron chi connectivity index (χ3n) is 4.04. The molecule has 1 aromatic rings. The first-order valence-corrected chi connectivity index (χ1v) is 9.36. The average molecular weight is 429 g/mol. The van der Waals surface area contributed by atoms with E-state index in [1.807, 2.05) is 18.7 Å². The number of nitrogens with zero attached hydrogens (tertiary/aromatic N) is 3. The highest BCUT2D eigenvalue weighted by Gasteiger charge is 2.25. The van der Waals surface area contributed by atoms with Gasteiger partial charge >= 0.3 is 0 Å². The van der Waals surface area contributed by atoms with Crippen LogP contribution in [0.1, 0.15) is 24.4 Å². The van der Waals surface area contributed by atoms with Crippen molar-refractivity contribution in [1.29, 1.82) is 0 Å². The Bertz CT molecular complexity index is 653. The molecule has 1 aromatic heterocycles. The molecule has 0 aromatic carbocycles. The molecule has 0 atom stereocenters. The first-order valence-electron chi connectivity index (χ1n) is 8.56. The van der Waals surface area contributed by atoms with E-state index >= 15 is 0 Å². The van der Waals surface area contributed by atoms with Crippen molar-refractivity contribution in [2.45, 2.75) is 19.9 Å². The Morgan fingerprint density at radius 3 is 2.42 bits per heavy atom. The van der Waals surface area contributed by atoms with Crippen LogP contribution in [0.25, 0.3) is 0 Å². The second-order valence-corrected chi connectivity index (χ2v) is 7.43. The minimum Gasteiger partial charge on any atom is -0.444 e. The van der Waals surface area contributed by atoms with Crippen LogP contribution >= 0.6 is 15.9 Å². The van der Waals surface area contributed by atoms with E-state index in [-0.39, 0.29) is 36.1 Å². The van der Waals surface area contributed by atoms with Crippen LogP contribution < -0.4 is 5.32 Å². The van der Waals surface area contributed by atoms with Crippen LogP contribution in [0.5, 0.6) is 0 Å². The SMILES string of the molecule is CC(C)NC(=O)CN1CCN(C(=O)CN(C)C(=O)c2ccc(Br)o2)CC1. The van der Waals surface area contributed by atoms with Gasteiger partial charge in [-0.05, 0) is 41.9 Å². The first kappa shape index (κ1) is 20.4. The van der Waals surface area contributed by atoms with Crippen LogP contribution in [-0.4, -0.2) is 84.8 Å². The molecule has 9 heteroatoms. The lowest BCUT2D eigenvalue weighted by Gasteiger charge is -2.35. The van der Waals surface area contributed by atoms with Crippen molar-refractivity contribution in [3.05, 3.63) is 22.6 Å². The van der Waals surface area contributed by atoms with Gasteiger partial charge in [-0.3, -0.25) is 19.3 Å². The monoisotopic (exact) mass is 428 g/mol. The van der Waals surface area contributed by atoms with Crippen molar-refractivity contribution in [1.82, 2.24) is 20.0 Å². The molecule has 144 valence electrons. The van der Waals surface area contributed by atoms with E-state index in [0.717, 1.165) is 0 Å². The van der Waals surface area contributed by atoms with E-state index < -0.39 is 0 Å². The molecular weight excluding hydrogens is 404 g/mol. The fourth-order valence-electron chi connectivity index (χ4n) is 2.72. The van der Waals surface area contributed by atoms with Gasteiger partial charge in [0.1, 0.15) is 0 Å². The van der Waals surface area contributed by atoms with E-state index in [2.05, 4.69) is 21.2 Å². The van der Waals surface area contributed by atoms with Crippen molar-refractivity contribution in [3.63, 3.8) is 0 Å². The van der Waals surface area contributed by atoms with Crippen LogP contribution in [0.2, 0.25) is 0 Å². The van der Waals surface area contributed by atoms with E-state index in [4.69, 9.17) is 4.42 Å². The van der Waals surface area contributed by atoms with E-state index in [9.17, 15) is 14.4 Å². The van der Waals surface area contributed by atoms with Gasteiger partial charge in [-0.15, -0.1) is 0 Å². The molecule has 2 rings (SSSR count). The molecule has 1 N–H and O–H groups in total. The van der Waals surface area contributed by atoms with E-state index in [1.165, 1.54) is 4.90 Å². The van der Waals surface area contributed by atoms with Gasteiger partial charge in [-0.2, -0.15) is 0 Å². The lowest BCUT2D eigenvalue weighted by molar-refractivity contribution is -0.133. The zero-order chi connectivity index (χ0) is 19.3. The van der Waals surface area contributed by atoms with Crippen molar-refractivity contribution < 1.29 is 18.8 Å². The Morgan fingerprint density at radius 1 is 1.23 bits per heavy atom. The number of amides is 3. The molecule has 0 spiro atoms. The second-order valence-electron chi connectivity index (χ2n) is 6.64. The van der Waals surface area contributed by atoms with Gasteiger partial charge in [-0.1, -0.05) is 0 Å². The lowest BCUT2D eigenvalue weighted by atomic mass is 10.3. The molecule has 3 amide bonds. The molecule has 2 heterocycles. The summed E-state index contributed by atoms with van der Waals surface area (Å²) < 4.78 is 5.70. The molecule has 0 saturated carbocycles. The van der Waals surface area contributed by atoms with Crippen LogP contribution in [0.3, 0.4) is 0 Å². The van der Waals surface area contributed by atoms with Crippen molar-refractivity contribution in [3.8, 4) is 0 Å². The minimum atomic E-state index is -0.340. The standard InChI is InChI=1S/C17H25BrN4O4/c1-12(2)19-15(23)10-21-6-8-22(9-7-21)16(24)11-20(3)17(25)13-4-5-14(18)26-13/h4-5,12H,6-11H2,1-3H3,(H,19,23). The van der Waals surface area contributed by atoms with Gasteiger partial charge in [0.2, 0.25) is 11.8 Å². The summed E-state index contributed by atoms with van der Waals surface area (Å²) >= 11 is 3.15. The Balaban J connectivity index is 1.77.